The maximum atomic E-state index is 13.7. The van der Waals surface area contributed by atoms with Gasteiger partial charge in [-0.3, -0.25) is 4.79 Å². The van der Waals surface area contributed by atoms with Crippen molar-refractivity contribution < 1.29 is 13.6 Å². The number of aromatic nitrogens is 1. The molecule has 1 amide bonds. The third-order valence-corrected chi connectivity index (χ3v) is 6.16. The van der Waals surface area contributed by atoms with E-state index in [1.54, 1.807) is 11.0 Å². The Bertz CT molecular complexity index is 1320. The van der Waals surface area contributed by atoms with E-state index in [-0.39, 0.29) is 11.3 Å². The molecule has 34 heavy (non-hydrogen) atoms. The molecule has 0 aliphatic carbocycles. The van der Waals surface area contributed by atoms with Gasteiger partial charge in [-0.25, -0.2) is 8.78 Å². The molecule has 1 aromatic heterocycles. The summed E-state index contributed by atoms with van der Waals surface area (Å²) in [6.07, 6.45) is 0.419. The highest BCUT2D eigenvalue weighted by Crippen LogP contribution is 2.24. The minimum Gasteiger partial charge on any atom is -0.358 e. The molecule has 5 heteroatoms. The number of rotatable bonds is 6. The number of hydrogen-bond donors (Lipinski definition) is 1. The van der Waals surface area contributed by atoms with E-state index in [2.05, 4.69) is 50.0 Å². The number of para-hydroxylation sites is 1. The fourth-order valence-electron chi connectivity index (χ4n) is 4.19. The van der Waals surface area contributed by atoms with Crippen molar-refractivity contribution in [3.8, 4) is 0 Å². The van der Waals surface area contributed by atoms with Crippen molar-refractivity contribution in [1.82, 2.24) is 9.88 Å². The van der Waals surface area contributed by atoms with Gasteiger partial charge in [0.1, 0.15) is 0 Å². The van der Waals surface area contributed by atoms with Gasteiger partial charge in [0.2, 0.25) is 0 Å². The lowest BCUT2D eigenvalue weighted by atomic mass is 9.87. The van der Waals surface area contributed by atoms with Crippen molar-refractivity contribution in [3.63, 3.8) is 0 Å². The Balaban J connectivity index is 1.63. The lowest BCUT2D eigenvalue weighted by Crippen LogP contribution is -2.32. The number of H-pyrrole nitrogens is 1. The summed E-state index contributed by atoms with van der Waals surface area (Å²) >= 11 is 0. The van der Waals surface area contributed by atoms with E-state index in [4.69, 9.17) is 0 Å². The van der Waals surface area contributed by atoms with Crippen LogP contribution in [0.2, 0.25) is 0 Å². The molecule has 1 N–H and O–H groups in total. The summed E-state index contributed by atoms with van der Waals surface area (Å²) in [6.45, 7) is 9.26. The molecule has 0 radical (unpaired) electrons. The molecule has 3 nitrogen and oxygen atoms in total. The minimum absolute atomic E-state index is 0.0435. The normalized spacial score (nSPS) is 11.7. The zero-order valence-corrected chi connectivity index (χ0v) is 20.1. The summed E-state index contributed by atoms with van der Waals surface area (Å²) in [4.78, 5) is 18.8. The fourth-order valence-corrected chi connectivity index (χ4v) is 4.19. The number of fused-ring (bicyclic) bond motifs is 1. The molecule has 0 saturated heterocycles. The molecule has 0 aliphatic rings. The number of aromatic amines is 1. The second-order valence-electron chi connectivity index (χ2n) is 9.89. The van der Waals surface area contributed by atoms with Gasteiger partial charge in [0.05, 0.1) is 11.1 Å². The predicted octanol–water partition coefficient (Wildman–Crippen LogP) is 6.94. The van der Waals surface area contributed by atoms with Crippen LogP contribution < -0.4 is 0 Å². The molecule has 0 aliphatic heterocycles. The van der Waals surface area contributed by atoms with Crippen LogP contribution in [-0.4, -0.2) is 22.3 Å². The molecule has 4 aromatic rings. The van der Waals surface area contributed by atoms with E-state index < -0.39 is 11.6 Å². The van der Waals surface area contributed by atoms with Gasteiger partial charge in [-0.1, -0.05) is 63.2 Å². The quantitative estimate of drug-likeness (QED) is 0.332. The highest BCUT2D eigenvalue weighted by atomic mass is 19.2. The highest BCUT2D eigenvalue weighted by Gasteiger charge is 2.20. The first kappa shape index (κ1) is 23.7. The SMILES string of the molecule is Cc1cc2cccc(C(=O)N(CCc3ccc(F)c(F)c3)Cc3ccc(C(C)(C)C)cc3)c2[nH]1. The Labute approximate surface area is 199 Å². The number of carbonyl (C=O) groups is 1. The summed E-state index contributed by atoms with van der Waals surface area (Å²) in [6, 6.07) is 19.9. The Hall–Kier alpha value is -3.47. The maximum absolute atomic E-state index is 13.7. The largest absolute Gasteiger partial charge is 0.358 e. The van der Waals surface area contributed by atoms with E-state index in [0.717, 1.165) is 28.2 Å². The molecule has 0 spiro atoms. The second kappa shape index (κ2) is 9.41. The molecule has 0 unspecified atom stereocenters. The van der Waals surface area contributed by atoms with Crippen molar-refractivity contribution in [3.05, 3.63) is 106 Å². The maximum Gasteiger partial charge on any atom is 0.256 e. The molecular weight excluding hydrogens is 430 g/mol. The Morgan fingerprint density at radius 1 is 0.912 bits per heavy atom. The number of amides is 1. The fraction of sp³-hybridized carbons (Fsp3) is 0.276. The van der Waals surface area contributed by atoms with Crippen molar-refractivity contribution >= 4 is 16.8 Å². The molecule has 1 heterocycles. The minimum atomic E-state index is -0.875. The first-order valence-electron chi connectivity index (χ1n) is 11.5. The number of nitrogens with one attached hydrogen (secondary N) is 1. The van der Waals surface area contributed by atoms with Crippen molar-refractivity contribution in [2.75, 3.05) is 6.54 Å². The first-order chi connectivity index (χ1) is 16.1. The van der Waals surface area contributed by atoms with E-state index in [1.807, 2.05) is 31.2 Å². The van der Waals surface area contributed by atoms with Crippen LogP contribution in [0.25, 0.3) is 10.9 Å². The molecule has 0 saturated carbocycles. The van der Waals surface area contributed by atoms with Crippen molar-refractivity contribution in [2.24, 2.45) is 0 Å². The van der Waals surface area contributed by atoms with Crippen LogP contribution in [0.5, 0.6) is 0 Å². The molecule has 4 rings (SSSR count). The van der Waals surface area contributed by atoms with Crippen LogP contribution in [0.3, 0.4) is 0 Å². The predicted molar refractivity (Wildman–Crippen MR) is 133 cm³/mol. The number of halogens is 2. The molecule has 176 valence electrons. The monoisotopic (exact) mass is 460 g/mol. The molecule has 0 fully saturated rings. The van der Waals surface area contributed by atoms with Gasteiger partial charge in [0.15, 0.2) is 11.6 Å². The lowest BCUT2D eigenvalue weighted by Gasteiger charge is -2.24. The van der Waals surface area contributed by atoms with Crippen LogP contribution in [0.15, 0.2) is 66.7 Å². The van der Waals surface area contributed by atoms with Gasteiger partial charge < -0.3 is 9.88 Å². The van der Waals surface area contributed by atoms with Crippen molar-refractivity contribution in [1.29, 1.82) is 0 Å². The van der Waals surface area contributed by atoms with E-state index in [1.165, 1.54) is 11.6 Å². The summed E-state index contributed by atoms with van der Waals surface area (Å²) in [5, 5.41) is 0.985. The first-order valence-corrected chi connectivity index (χ1v) is 11.5. The lowest BCUT2D eigenvalue weighted by molar-refractivity contribution is 0.0747. The summed E-state index contributed by atoms with van der Waals surface area (Å²) < 4.78 is 27.1. The molecule has 0 bridgehead atoms. The number of hydrogen-bond acceptors (Lipinski definition) is 1. The van der Waals surface area contributed by atoms with Crippen LogP contribution in [0.1, 0.15) is 53.5 Å². The van der Waals surface area contributed by atoms with Crippen LogP contribution in [-0.2, 0) is 18.4 Å². The molecular formula is C29H30F2N2O. The zero-order chi connectivity index (χ0) is 24.5. The average Bonchev–Trinajstić information content (AvgIpc) is 3.18. The van der Waals surface area contributed by atoms with Crippen LogP contribution in [0, 0.1) is 18.6 Å². The van der Waals surface area contributed by atoms with Gasteiger partial charge in [-0.2, -0.15) is 0 Å². The van der Waals surface area contributed by atoms with Crippen LogP contribution >= 0.6 is 0 Å². The number of nitrogens with zero attached hydrogens (tertiary/aromatic N) is 1. The average molecular weight is 461 g/mol. The van der Waals surface area contributed by atoms with Crippen molar-refractivity contribution in [2.45, 2.75) is 46.1 Å². The number of aryl methyl sites for hydroxylation is 1. The standard InChI is InChI=1S/C29H30F2N2O/c1-19-16-22-6-5-7-24(27(22)32-19)28(34)33(15-14-20-10-13-25(30)26(31)17-20)18-21-8-11-23(12-9-21)29(2,3)4/h5-13,16-17,32H,14-15,18H2,1-4H3. The van der Waals surface area contributed by atoms with E-state index in [9.17, 15) is 13.6 Å². The van der Waals surface area contributed by atoms with Gasteiger partial charge in [-0.05, 0) is 59.7 Å². The van der Waals surface area contributed by atoms with Gasteiger partial charge >= 0.3 is 0 Å². The van der Waals surface area contributed by atoms with E-state index >= 15 is 0 Å². The second-order valence-corrected chi connectivity index (χ2v) is 9.89. The topological polar surface area (TPSA) is 36.1 Å². The smallest absolute Gasteiger partial charge is 0.256 e. The summed E-state index contributed by atoms with van der Waals surface area (Å²) in [7, 11) is 0. The Kier molecular flexibility index (Phi) is 6.56. The Morgan fingerprint density at radius 3 is 2.29 bits per heavy atom. The van der Waals surface area contributed by atoms with Gasteiger partial charge in [0.25, 0.3) is 5.91 Å². The van der Waals surface area contributed by atoms with Gasteiger partial charge in [-0.15, -0.1) is 0 Å². The third-order valence-electron chi connectivity index (χ3n) is 6.16. The van der Waals surface area contributed by atoms with E-state index in [0.29, 0.717) is 30.6 Å². The summed E-state index contributed by atoms with van der Waals surface area (Å²) in [5.41, 5.74) is 5.33. The highest BCUT2D eigenvalue weighted by molar-refractivity contribution is 6.05. The number of carbonyl (C=O) groups excluding carboxylic acids is 1. The third kappa shape index (κ3) is 5.19. The summed E-state index contributed by atoms with van der Waals surface area (Å²) in [5.74, 6) is -1.85. The zero-order valence-electron chi connectivity index (χ0n) is 20.1. The van der Waals surface area contributed by atoms with Crippen LogP contribution in [0.4, 0.5) is 8.78 Å². The Morgan fingerprint density at radius 2 is 1.62 bits per heavy atom. The molecule has 3 aromatic carbocycles. The number of benzene rings is 3. The van der Waals surface area contributed by atoms with Gasteiger partial charge in [0, 0.05) is 24.2 Å². The molecule has 0 atom stereocenters.